The highest BCUT2D eigenvalue weighted by Crippen LogP contribution is 2.18. The number of carbonyl (C=O) groups is 1. The maximum atomic E-state index is 12.4. The third-order valence-electron chi connectivity index (χ3n) is 4.11. The first-order valence-corrected chi connectivity index (χ1v) is 8.62. The standard InChI is InChI=1S/C17H21N3O2S/c1-13-18-11-16(23-13)17(22)20-9-7-19(8-10-20)12-15(21)14-5-3-2-4-6-14/h2-6,11,15,21H,7-10,12H2,1H3/t15-/m1/s1. The van der Waals surface area contributed by atoms with Crippen LogP contribution in [0.3, 0.4) is 0 Å². The minimum Gasteiger partial charge on any atom is -0.387 e. The van der Waals surface area contributed by atoms with Gasteiger partial charge in [0.05, 0.1) is 17.3 Å². The van der Waals surface area contributed by atoms with Gasteiger partial charge in [-0.05, 0) is 12.5 Å². The fraction of sp³-hybridized carbons (Fsp3) is 0.412. The molecule has 0 unspecified atom stereocenters. The number of piperazine rings is 1. The zero-order valence-corrected chi connectivity index (χ0v) is 14.0. The second-order valence-electron chi connectivity index (χ2n) is 5.76. The van der Waals surface area contributed by atoms with Crippen LogP contribution in [0.25, 0.3) is 0 Å². The molecule has 6 heteroatoms. The van der Waals surface area contributed by atoms with Gasteiger partial charge in [0.1, 0.15) is 4.88 Å². The van der Waals surface area contributed by atoms with Crippen molar-refractivity contribution in [1.82, 2.24) is 14.8 Å². The number of carbonyl (C=O) groups excluding carboxylic acids is 1. The van der Waals surface area contributed by atoms with E-state index in [1.165, 1.54) is 11.3 Å². The number of aromatic nitrogens is 1. The van der Waals surface area contributed by atoms with Gasteiger partial charge in [-0.2, -0.15) is 0 Å². The van der Waals surface area contributed by atoms with Gasteiger partial charge in [0.15, 0.2) is 0 Å². The van der Waals surface area contributed by atoms with E-state index < -0.39 is 6.10 Å². The molecule has 0 aliphatic carbocycles. The van der Waals surface area contributed by atoms with Crippen LogP contribution in [0.15, 0.2) is 36.5 Å². The van der Waals surface area contributed by atoms with Gasteiger partial charge in [-0.3, -0.25) is 9.69 Å². The lowest BCUT2D eigenvalue weighted by atomic mass is 10.1. The predicted molar refractivity (Wildman–Crippen MR) is 90.6 cm³/mol. The van der Waals surface area contributed by atoms with E-state index in [-0.39, 0.29) is 5.91 Å². The van der Waals surface area contributed by atoms with E-state index >= 15 is 0 Å². The molecule has 2 heterocycles. The number of aryl methyl sites for hydroxylation is 1. The van der Waals surface area contributed by atoms with Crippen molar-refractivity contribution >= 4 is 17.2 Å². The van der Waals surface area contributed by atoms with Gasteiger partial charge >= 0.3 is 0 Å². The molecule has 1 aromatic carbocycles. The van der Waals surface area contributed by atoms with Crippen LogP contribution in [0.5, 0.6) is 0 Å². The largest absolute Gasteiger partial charge is 0.387 e. The lowest BCUT2D eigenvalue weighted by Crippen LogP contribution is -2.49. The molecule has 1 N–H and O–H groups in total. The van der Waals surface area contributed by atoms with E-state index in [4.69, 9.17) is 0 Å². The molecular weight excluding hydrogens is 310 g/mol. The first-order chi connectivity index (χ1) is 11.1. The van der Waals surface area contributed by atoms with Crippen molar-refractivity contribution in [3.63, 3.8) is 0 Å². The summed E-state index contributed by atoms with van der Waals surface area (Å²) in [6, 6.07) is 9.70. The Morgan fingerprint density at radius 3 is 2.57 bits per heavy atom. The number of nitrogens with zero attached hydrogens (tertiary/aromatic N) is 3. The molecule has 0 spiro atoms. The average Bonchev–Trinajstić information content (AvgIpc) is 3.02. The molecule has 1 aromatic heterocycles. The fourth-order valence-corrected chi connectivity index (χ4v) is 3.52. The van der Waals surface area contributed by atoms with Crippen LogP contribution in [-0.2, 0) is 0 Å². The minimum absolute atomic E-state index is 0.0684. The van der Waals surface area contributed by atoms with Crippen LogP contribution in [0.2, 0.25) is 0 Å². The van der Waals surface area contributed by atoms with E-state index in [2.05, 4.69) is 9.88 Å². The molecule has 3 rings (SSSR count). The summed E-state index contributed by atoms with van der Waals surface area (Å²) in [4.78, 5) is 21.3. The number of thiazole rings is 1. The lowest BCUT2D eigenvalue weighted by molar-refractivity contribution is 0.0531. The van der Waals surface area contributed by atoms with Crippen LogP contribution in [-0.4, -0.2) is 58.5 Å². The highest BCUT2D eigenvalue weighted by Gasteiger charge is 2.24. The van der Waals surface area contributed by atoms with Gasteiger partial charge in [-0.15, -0.1) is 11.3 Å². The number of β-amino-alcohol motifs (C(OH)–C–C–N with tert-alkyl or cyclic N) is 1. The maximum Gasteiger partial charge on any atom is 0.265 e. The van der Waals surface area contributed by atoms with Crippen LogP contribution in [0, 0.1) is 6.92 Å². The summed E-state index contributed by atoms with van der Waals surface area (Å²) in [7, 11) is 0. The average molecular weight is 331 g/mol. The van der Waals surface area contributed by atoms with Gasteiger partial charge in [0.2, 0.25) is 0 Å². The van der Waals surface area contributed by atoms with E-state index in [0.29, 0.717) is 24.5 Å². The van der Waals surface area contributed by atoms with Gasteiger partial charge < -0.3 is 10.0 Å². The molecule has 1 saturated heterocycles. The molecule has 2 aromatic rings. The highest BCUT2D eigenvalue weighted by atomic mass is 32.1. The Morgan fingerprint density at radius 1 is 1.26 bits per heavy atom. The van der Waals surface area contributed by atoms with Crippen LogP contribution in [0.4, 0.5) is 0 Å². The number of aliphatic hydroxyl groups excluding tert-OH is 1. The summed E-state index contributed by atoms with van der Waals surface area (Å²) in [5.74, 6) is 0.0684. The second kappa shape index (κ2) is 7.21. The predicted octanol–water partition coefficient (Wildman–Crippen LogP) is 1.94. The van der Waals surface area contributed by atoms with Crippen molar-refractivity contribution in [2.45, 2.75) is 13.0 Å². The molecule has 122 valence electrons. The number of benzene rings is 1. The smallest absolute Gasteiger partial charge is 0.265 e. The molecule has 1 aliphatic heterocycles. The molecule has 0 saturated carbocycles. The van der Waals surface area contributed by atoms with Crippen molar-refractivity contribution in [2.75, 3.05) is 32.7 Å². The summed E-state index contributed by atoms with van der Waals surface area (Å²) in [5, 5.41) is 11.2. The molecule has 0 bridgehead atoms. The molecule has 1 atom stereocenters. The Bertz CT molecular complexity index is 651. The fourth-order valence-electron chi connectivity index (χ4n) is 2.77. The first kappa shape index (κ1) is 16.1. The van der Waals surface area contributed by atoms with Gasteiger partial charge in [-0.25, -0.2) is 4.98 Å². The molecule has 1 fully saturated rings. The normalized spacial score (nSPS) is 17.2. The number of hydrogen-bond acceptors (Lipinski definition) is 5. The quantitative estimate of drug-likeness (QED) is 0.930. The Kier molecular flexibility index (Phi) is 5.05. The third-order valence-corrected chi connectivity index (χ3v) is 5.01. The molecule has 0 radical (unpaired) electrons. The SMILES string of the molecule is Cc1ncc(C(=O)N2CCN(C[C@@H](O)c3ccccc3)CC2)s1. The summed E-state index contributed by atoms with van der Waals surface area (Å²) in [6.07, 6.45) is 1.18. The van der Waals surface area contributed by atoms with Crippen molar-refractivity contribution < 1.29 is 9.90 Å². The van der Waals surface area contributed by atoms with Crippen molar-refractivity contribution in [1.29, 1.82) is 0 Å². The van der Waals surface area contributed by atoms with Gasteiger partial charge in [-0.1, -0.05) is 30.3 Å². The summed E-state index contributed by atoms with van der Waals surface area (Å²) in [6.45, 7) is 5.46. The van der Waals surface area contributed by atoms with Gasteiger partial charge in [0, 0.05) is 32.7 Å². The highest BCUT2D eigenvalue weighted by molar-refractivity contribution is 7.13. The van der Waals surface area contributed by atoms with Crippen molar-refractivity contribution in [2.24, 2.45) is 0 Å². The van der Waals surface area contributed by atoms with Gasteiger partial charge in [0.25, 0.3) is 5.91 Å². The molecule has 23 heavy (non-hydrogen) atoms. The van der Waals surface area contributed by atoms with Crippen molar-refractivity contribution in [3.8, 4) is 0 Å². The Hall–Kier alpha value is -1.76. The summed E-state index contributed by atoms with van der Waals surface area (Å²) in [5.41, 5.74) is 0.936. The molecule has 1 aliphatic rings. The number of rotatable bonds is 4. The Balaban J connectivity index is 1.51. The number of hydrogen-bond donors (Lipinski definition) is 1. The third kappa shape index (κ3) is 3.96. The molecule has 5 nitrogen and oxygen atoms in total. The van der Waals surface area contributed by atoms with Crippen LogP contribution >= 0.6 is 11.3 Å². The Labute approximate surface area is 140 Å². The van der Waals surface area contributed by atoms with E-state index in [9.17, 15) is 9.90 Å². The molecular formula is C17H21N3O2S. The number of amides is 1. The maximum absolute atomic E-state index is 12.4. The zero-order chi connectivity index (χ0) is 16.2. The van der Waals surface area contributed by atoms with E-state index in [1.54, 1.807) is 6.20 Å². The van der Waals surface area contributed by atoms with E-state index in [1.807, 2.05) is 42.2 Å². The van der Waals surface area contributed by atoms with Crippen LogP contribution < -0.4 is 0 Å². The van der Waals surface area contributed by atoms with E-state index in [0.717, 1.165) is 23.7 Å². The second-order valence-corrected chi connectivity index (χ2v) is 7.00. The number of aliphatic hydroxyl groups is 1. The topological polar surface area (TPSA) is 56.7 Å². The monoisotopic (exact) mass is 331 g/mol. The minimum atomic E-state index is -0.484. The summed E-state index contributed by atoms with van der Waals surface area (Å²) >= 11 is 1.44. The summed E-state index contributed by atoms with van der Waals surface area (Å²) < 4.78 is 0. The van der Waals surface area contributed by atoms with Crippen molar-refractivity contribution in [3.05, 3.63) is 52.0 Å². The Morgan fingerprint density at radius 2 is 1.96 bits per heavy atom. The zero-order valence-electron chi connectivity index (χ0n) is 13.2. The first-order valence-electron chi connectivity index (χ1n) is 7.80. The van der Waals surface area contributed by atoms with Crippen LogP contribution in [0.1, 0.15) is 26.3 Å². The molecule has 1 amide bonds. The lowest BCUT2D eigenvalue weighted by Gasteiger charge is -2.35.